The minimum atomic E-state index is -0.366. The highest BCUT2D eigenvalue weighted by Gasteiger charge is 2.25. The summed E-state index contributed by atoms with van der Waals surface area (Å²) in [5.41, 5.74) is 1.87. The minimum Gasteiger partial charge on any atom is -0.493 e. The largest absolute Gasteiger partial charge is 0.493 e. The second kappa shape index (κ2) is 8.53. The third-order valence-electron chi connectivity index (χ3n) is 4.66. The van der Waals surface area contributed by atoms with E-state index in [0.717, 1.165) is 11.3 Å². The van der Waals surface area contributed by atoms with Gasteiger partial charge in [0.2, 0.25) is 5.91 Å². The molecule has 7 nitrogen and oxygen atoms in total. The molecular formula is C20H23N3O4. The second-order valence-electron chi connectivity index (χ2n) is 6.53. The fourth-order valence-corrected chi connectivity index (χ4v) is 3.13. The molecule has 2 aromatic rings. The van der Waals surface area contributed by atoms with Gasteiger partial charge in [-0.3, -0.25) is 14.9 Å². The van der Waals surface area contributed by atoms with E-state index in [4.69, 9.17) is 4.74 Å². The van der Waals surface area contributed by atoms with Crippen molar-refractivity contribution >= 4 is 17.3 Å². The predicted octanol–water partition coefficient (Wildman–Crippen LogP) is 3.02. The summed E-state index contributed by atoms with van der Waals surface area (Å²) in [7, 11) is 0. The van der Waals surface area contributed by atoms with Gasteiger partial charge in [-0.05, 0) is 25.1 Å². The summed E-state index contributed by atoms with van der Waals surface area (Å²) in [5, 5.41) is 11.2. The average molecular weight is 369 g/mol. The topological polar surface area (TPSA) is 75.9 Å². The van der Waals surface area contributed by atoms with Crippen LogP contribution in [0.15, 0.2) is 48.5 Å². The third kappa shape index (κ3) is 4.75. The minimum absolute atomic E-state index is 0.0457. The van der Waals surface area contributed by atoms with E-state index in [1.54, 1.807) is 23.1 Å². The molecule has 0 saturated carbocycles. The number of anilines is 1. The van der Waals surface area contributed by atoms with Crippen molar-refractivity contribution < 1.29 is 14.5 Å². The summed E-state index contributed by atoms with van der Waals surface area (Å²) in [5.74, 6) is 0.805. The Kier molecular flexibility index (Phi) is 5.90. The van der Waals surface area contributed by atoms with E-state index in [1.807, 2.05) is 36.1 Å². The molecule has 1 aliphatic rings. The van der Waals surface area contributed by atoms with Crippen LogP contribution in [0.1, 0.15) is 12.0 Å². The van der Waals surface area contributed by atoms with Crippen molar-refractivity contribution in [2.24, 2.45) is 0 Å². The Labute approximate surface area is 158 Å². The quantitative estimate of drug-likeness (QED) is 0.578. The number of nitro groups is 1. The highest BCUT2D eigenvalue weighted by atomic mass is 16.6. The zero-order valence-electron chi connectivity index (χ0n) is 15.3. The molecule has 1 aliphatic heterocycles. The van der Waals surface area contributed by atoms with E-state index in [-0.39, 0.29) is 16.5 Å². The number of aryl methyl sites for hydroxylation is 1. The van der Waals surface area contributed by atoms with Gasteiger partial charge >= 0.3 is 0 Å². The molecule has 0 aromatic heterocycles. The number of amides is 1. The van der Waals surface area contributed by atoms with Gasteiger partial charge in [0.25, 0.3) is 5.69 Å². The molecule has 0 aliphatic carbocycles. The second-order valence-corrected chi connectivity index (χ2v) is 6.53. The summed E-state index contributed by atoms with van der Waals surface area (Å²) < 4.78 is 5.62. The van der Waals surface area contributed by atoms with Crippen molar-refractivity contribution in [1.82, 2.24) is 4.90 Å². The summed E-state index contributed by atoms with van der Waals surface area (Å²) >= 11 is 0. The highest BCUT2D eigenvalue weighted by molar-refractivity contribution is 5.77. The van der Waals surface area contributed by atoms with Gasteiger partial charge in [0.05, 0.1) is 18.0 Å². The van der Waals surface area contributed by atoms with Crippen molar-refractivity contribution in [2.45, 2.75) is 13.3 Å². The lowest BCUT2D eigenvalue weighted by atomic mass is 10.2. The molecule has 1 amide bonds. The van der Waals surface area contributed by atoms with E-state index >= 15 is 0 Å². The Hall–Kier alpha value is -3.09. The fraction of sp³-hybridized carbons (Fsp3) is 0.350. The molecule has 3 rings (SSSR count). The maximum absolute atomic E-state index is 12.4. The normalized spacial score (nSPS) is 14.1. The van der Waals surface area contributed by atoms with E-state index in [1.165, 1.54) is 6.07 Å². The molecule has 1 heterocycles. The number of nitro benzene ring substituents is 1. The predicted molar refractivity (Wildman–Crippen MR) is 103 cm³/mol. The standard InChI is InChI=1S/C20H23N3O4/c1-16-6-8-17(9-7-16)27-15-10-20(24)22-13-11-21(12-14-22)18-4-2-3-5-19(18)23(25)26/h2-9H,10-15H2,1H3. The lowest BCUT2D eigenvalue weighted by Crippen LogP contribution is -2.49. The Morgan fingerprint density at radius 3 is 2.41 bits per heavy atom. The molecule has 27 heavy (non-hydrogen) atoms. The van der Waals surface area contributed by atoms with Crippen LogP contribution in [0.5, 0.6) is 5.75 Å². The summed E-state index contributed by atoms with van der Waals surface area (Å²) in [6.45, 7) is 4.61. The van der Waals surface area contributed by atoms with Gasteiger partial charge in [-0.15, -0.1) is 0 Å². The molecular weight excluding hydrogens is 346 g/mol. The number of para-hydroxylation sites is 2. The molecule has 142 valence electrons. The van der Waals surface area contributed by atoms with Gasteiger partial charge in [0.15, 0.2) is 0 Å². The van der Waals surface area contributed by atoms with Gasteiger partial charge in [0.1, 0.15) is 11.4 Å². The smallest absolute Gasteiger partial charge is 0.292 e. The number of carbonyl (C=O) groups is 1. The van der Waals surface area contributed by atoms with Crippen LogP contribution in [0.2, 0.25) is 0 Å². The fourth-order valence-electron chi connectivity index (χ4n) is 3.13. The van der Waals surface area contributed by atoms with Crippen LogP contribution in [0, 0.1) is 17.0 Å². The molecule has 0 bridgehead atoms. The Morgan fingerprint density at radius 2 is 1.74 bits per heavy atom. The Bertz CT molecular complexity index is 799. The number of nitrogens with zero attached hydrogens (tertiary/aromatic N) is 3. The monoisotopic (exact) mass is 369 g/mol. The zero-order chi connectivity index (χ0) is 19.2. The SMILES string of the molecule is Cc1ccc(OCCC(=O)N2CCN(c3ccccc3[N+](=O)[O-])CC2)cc1. The summed E-state index contributed by atoms with van der Waals surface area (Å²) in [4.78, 5) is 27.0. The maximum atomic E-state index is 12.4. The number of hydrogen-bond acceptors (Lipinski definition) is 5. The van der Waals surface area contributed by atoms with Crippen LogP contribution < -0.4 is 9.64 Å². The molecule has 2 aromatic carbocycles. The lowest BCUT2D eigenvalue weighted by molar-refractivity contribution is -0.384. The van der Waals surface area contributed by atoms with E-state index < -0.39 is 0 Å². The molecule has 1 saturated heterocycles. The molecule has 7 heteroatoms. The number of hydrogen-bond donors (Lipinski definition) is 0. The van der Waals surface area contributed by atoms with Crippen LogP contribution >= 0.6 is 0 Å². The van der Waals surface area contributed by atoms with Gasteiger partial charge in [-0.1, -0.05) is 29.8 Å². The average Bonchev–Trinajstić information content (AvgIpc) is 2.69. The number of carbonyl (C=O) groups excluding carboxylic acids is 1. The van der Waals surface area contributed by atoms with Crippen LogP contribution in [0.4, 0.5) is 11.4 Å². The number of benzene rings is 2. The Balaban J connectivity index is 1.48. The lowest BCUT2D eigenvalue weighted by Gasteiger charge is -2.35. The van der Waals surface area contributed by atoms with E-state index in [0.29, 0.717) is 44.9 Å². The van der Waals surface area contributed by atoms with Gasteiger partial charge < -0.3 is 14.5 Å². The molecule has 0 N–H and O–H groups in total. The zero-order valence-corrected chi connectivity index (χ0v) is 15.3. The first kappa shape index (κ1) is 18.7. The van der Waals surface area contributed by atoms with Crippen molar-refractivity contribution in [3.63, 3.8) is 0 Å². The maximum Gasteiger partial charge on any atom is 0.292 e. The van der Waals surface area contributed by atoms with Crippen LogP contribution in [0.25, 0.3) is 0 Å². The molecule has 1 fully saturated rings. The van der Waals surface area contributed by atoms with Crippen LogP contribution in [0.3, 0.4) is 0 Å². The third-order valence-corrected chi connectivity index (χ3v) is 4.66. The van der Waals surface area contributed by atoms with Crippen molar-refractivity contribution in [1.29, 1.82) is 0 Å². The van der Waals surface area contributed by atoms with Crippen LogP contribution in [-0.2, 0) is 4.79 Å². The first-order valence-corrected chi connectivity index (χ1v) is 9.00. The summed E-state index contributed by atoms with van der Waals surface area (Å²) in [6, 6.07) is 14.5. The van der Waals surface area contributed by atoms with Crippen molar-refractivity contribution in [3.05, 3.63) is 64.2 Å². The van der Waals surface area contributed by atoms with E-state index in [2.05, 4.69) is 0 Å². The highest BCUT2D eigenvalue weighted by Crippen LogP contribution is 2.28. The molecule has 0 spiro atoms. The van der Waals surface area contributed by atoms with Crippen molar-refractivity contribution in [3.8, 4) is 5.75 Å². The first-order chi connectivity index (χ1) is 13.0. The molecule has 0 radical (unpaired) electrons. The number of piperazine rings is 1. The number of rotatable bonds is 6. The Morgan fingerprint density at radius 1 is 1.07 bits per heavy atom. The van der Waals surface area contributed by atoms with Gasteiger partial charge in [-0.2, -0.15) is 0 Å². The van der Waals surface area contributed by atoms with Crippen LogP contribution in [-0.4, -0.2) is 48.5 Å². The molecule has 0 atom stereocenters. The van der Waals surface area contributed by atoms with Crippen molar-refractivity contribution in [2.75, 3.05) is 37.7 Å². The van der Waals surface area contributed by atoms with Gasteiger partial charge in [-0.25, -0.2) is 0 Å². The van der Waals surface area contributed by atoms with E-state index in [9.17, 15) is 14.9 Å². The number of ether oxygens (including phenoxy) is 1. The summed E-state index contributed by atoms with van der Waals surface area (Å²) in [6.07, 6.45) is 0.319. The molecule has 0 unspecified atom stereocenters. The first-order valence-electron chi connectivity index (χ1n) is 9.00. The van der Waals surface area contributed by atoms with Gasteiger partial charge in [0, 0.05) is 32.2 Å².